The molecule has 7 nitrogen and oxygen atoms in total. The number of carbonyl (C=O) groups is 3. The van der Waals surface area contributed by atoms with E-state index >= 15 is 0 Å². The maximum absolute atomic E-state index is 12.4. The lowest BCUT2D eigenvalue weighted by atomic mass is 10.1. The van der Waals surface area contributed by atoms with Crippen LogP contribution in [-0.4, -0.2) is 22.7 Å². The maximum Gasteiger partial charge on any atom is 0.331 e. The molecule has 1 N–H and O–H groups in total. The molecule has 0 atom stereocenters. The summed E-state index contributed by atoms with van der Waals surface area (Å²) in [6.07, 6.45) is 2.75. The molecule has 7 heteroatoms. The summed E-state index contributed by atoms with van der Waals surface area (Å²) in [6.45, 7) is 1.69. The number of furan rings is 2. The molecule has 3 rings (SSSR count). The van der Waals surface area contributed by atoms with Gasteiger partial charge in [-0.3, -0.25) is 19.8 Å². The highest BCUT2D eigenvalue weighted by atomic mass is 16.3. The summed E-state index contributed by atoms with van der Waals surface area (Å²) in [7, 11) is 0. The second-order valence-electron chi connectivity index (χ2n) is 4.74. The van der Waals surface area contributed by atoms with Crippen LogP contribution in [0, 0.1) is 6.92 Å². The fourth-order valence-corrected chi connectivity index (χ4v) is 2.07. The van der Waals surface area contributed by atoms with Gasteiger partial charge in [0.15, 0.2) is 0 Å². The Labute approximate surface area is 125 Å². The Bertz CT molecular complexity index is 770. The van der Waals surface area contributed by atoms with E-state index in [4.69, 9.17) is 8.83 Å². The van der Waals surface area contributed by atoms with Crippen LogP contribution < -0.4 is 5.32 Å². The highest BCUT2D eigenvalue weighted by molar-refractivity contribution is 6.30. The minimum atomic E-state index is -0.779. The van der Waals surface area contributed by atoms with E-state index in [1.807, 2.05) is 0 Å². The molecule has 0 spiro atoms. The average Bonchev–Trinajstić information content (AvgIpc) is 3.11. The van der Waals surface area contributed by atoms with Gasteiger partial charge in [0, 0.05) is 0 Å². The van der Waals surface area contributed by atoms with Gasteiger partial charge in [0.25, 0.3) is 11.8 Å². The van der Waals surface area contributed by atoms with Crippen molar-refractivity contribution < 1.29 is 23.2 Å². The van der Waals surface area contributed by atoms with E-state index in [1.54, 1.807) is 31.2 Å². The number of imide groups is 2. The van der Waals surface area contributed by atoms with Crippen LogP contribution in [0.15, 0.2) is 44.9 Å². The number of urea groups is 1. The third-order valence-corrected chi connectivity index (χ3v) is 3.13. The fraction of sp³-hybridized carbons (Fsp3) is 0.133. The second-order valence-corrected chi connectivity index (χ2v) is 4.74. The Kier molecular flexibility index (Phi) is 3.38. The summed E-state index contributed by atoms with van der Waals surface area (Å²) in [5.41, 5.74) is -0.166. The Hall–Kier alpha value is -3.09. The fourth-order valence-electron chi connectivity index (χ4n) is 2.07. The molecule has 3 heterocycles. The normalized spacial score (nSPS) is 17.2. The first-order chi connectivity index (χ1) is 10.5. The van der Waals surface area contributed by atoms with E-state index in [1.165, 1.54) is 12.3 Å². The first kappa shape index (κ1) is 13.9. The number of barbiturate groups is 1. The van der Waals surface area contributed by atoms with Gasteiger partial charge in [0.1, 0.15) is 22.9 Å². The largest absolute Gasteiger partial charge is 0.467 e. The molecule has 0 aromatic carbocycles. The van der Waals surface area contributed by atoms with Gasteiger partial charge in [-0.1, -0.05) is 0 Å². The van der Waals surface area contributed by atoms with Gasteiger partial charge in [-0.05, 0) is 37.3 Å². The molecule has 2 aromatic rings. The summed E-state index contributed by atoms with van der Waals surface area (Å²) < 4.78 is 10.4. The predicted molar refractivity (Wildman–Crippen MR) is 74.2 cm³/mol. The van der Waals surface area contributed by atoms with Crippen molar-refractivity contribution in [2.75, 3.05) is 0 Å². The van der Waals surface area contributed by atoms with Crippen LogP contribution in [0.1, 0.15) is 17.3 Å². The summed E-state index contributed by atoms with van der Waals surface area (Å²) >= 11 is 0. The molecule has 112 valence electrons. The minimum absolute atomic E-state index is 0.0561. The van der Waals surface area contributed by atoms with E-state index in [-0.39, 0.29) is 12.1 Å². The third kappa shape index (κ3) is 2.56. The molecule has 0 unspecified atom stereocenters. The topological polar surface area (TPSA) is 92.8 Å². The molecule has 0 bridgehead atoms. The molecule has 0 saturated carbocycles. The summed E-state index contributed by atoms with van der Waals surface area (Å²) in [4.78, 5) is 37.0. The van der Waals surface area contributed by atoms with Gasteiger partial charge in [-0.15, -0.1) is 0 Å². The Morgan fingerprint density at radius 2 is 2.05 bits per heavy atom. The van der Waals surface area contributed by atoms with E-state index in [2.05, 4.69) is 5.32 Å². The zero-order chi connectivity index (χ0) is 15.7. The number of hydrogen-bond donors (Lipinski definition) is 1. The van der Waals surface area contributed by atoms with Gasteiger partial charge >= 0.3 is 6.03 Å². The van der Waals surface area contributed by atoms with Gasteiger partial charge in [-0.2, -0.15) is 0 Å². The number of amides is 4. The van der Waals surface area contributed by atoms with Crippen molar-refractivity contribution in [3.05, 3.63) is 53.4 Å². The van der Waals surface area contributed by atoms with Crippen LogP contribution in [-0.2, 0) is 16.1 Å². The Morgan fingerprint density at radius 3 is 2.68 bits per heavy atom. The maximum atomic E-state index is 12.4. The molecular weight excluding hydrogens is 288 g/mol. The highest BCUT2D eigenvalue weighted by Crippen LogP contribution is 2.18. The van der Waals surface area contributed by atoms with Crippen molar-refractivity contribution in [1.82, 2.24) is 10.2 Å². The predicted octanol–water partition coefficient (Wildman–Crippen LogP) is 1.84. The van der Waals surface area contributed by atoms with Crippen LogP contribution in [0.5, 0.6) is 0 Å². The number of aryl methyl sites for hydroxylation is 1. The molecule has 22 heavy (non-hydrogen) atoms. The Morgan fingerprint density at radius 1 is 1.23 bits per heavy atom. The van der Waals surface area contributed by atoms with Crippen molar-refractivity contribution in [2.24, 2.45) is 0 Å². The van der Waals surface area contributed by atoms with Crippen molar-refractivity contribution >= 4 is 23.9 Å². The molecule has 1 aliphatic heterocycles. The third-order valence-electron chi connectivity index (χ3n) is 3.13. The van der Waals surface area contributed by atoms with Crippen molar-refractivity contribution in [3.63, 3.8) is 0 Å². The smallest absolute Gasteiger partial charge is 0.331 e. The van der Waals surface area contributed by atoms with Crippen molar-refractivity contribution in [1.29, 1.82) is 0 Å². The summed E-state index contributed by atoms with van der Waals surface area (Å²) in [6, 6.07) is 5.85. The molecule has 0 radical (unpaired) electrons. The van der Waals surface area contributed by atoms with Gasteiger partial charge in [-0.25, -0.2) is 4.79 Å². The lowest BCUT2D eigenvalue weighted by Crippen LogP contribution is -2.53. The number of carbonyl (C=O) groups excluding carboxylic acids is 3. The van der Waals surface area contributed by atoms with E-state index in [9.17, 15) is 14.4 Å². The summed E-state index contributed by atoms with van der Waals surface area (Å²) in [5.74, 6) is 0.00678. The zero-order valence-corrected chi connectivity index (χ0v) is 11.7. The monoisotopic (exact) mass is 300 g/mol. The molecular formula is C15H12N2O5. The van der Waals surface area contributed by atoms with Gasteiger partial charge < -0.3 is 8.83 Å². The first-order valence-corrected chi connectivity index (χ1v) is 6.52. The number of rotatable bonds is 3. The lowest BCUT2D eigenvalue weighted by Gasteiger charge is -2.25. The van der Waals surface area contributed by atoms with Gasteiger partial charge in [0.2, 0.25) is 0 Å². The molecule has 0 aliphatic carbocycles. The molecule has 1 aliphatic rings. The molecule has 1 saturated heterocycles. The zero-order valence-electron chi connectivity index (χ0n) is 11.7. The van der Waals surface area contributed by atoms with Gasteiger partial charge in [0.05, 0.1) is 12.8 Å². The highest BCUT2D eigenvalue weighted by Gasteiger charge is 2.36. The average molecular weight is 300 g/mol. The molecule has 1 fully saturated rings. The van der Waals surface area contributed by atoms with E-state index in [0.717, 1.165) is 4.90 Å². The first-order valence-electron chi connectivity index (χ1n) is 6.52. The number of hydrogen-bond acceptors (Lipinski definition) is 5. The van der Waals surface area contributed by atoms with Crippen LogP contribution in [0.3, 0.4) is 0 Å². The number of nitrogens with zero attached hydrogens (tertiary/aromatic N) is 1. The second kappa shape index (κ2) is 5.36. The van der Waals surface area contributed by atoms with Crippen LogP contribution >= 0.6 is 0 Å². The SMILES string of the molecule is Cc1ccc(/C=C2\C(=O)NC(=O)N(Cc3ccco3)C2=O)o1. The van der Waals surface area contributed by atoms with Crippen molar-refractivity contribution in [3.8, 4) is 0 Å². The minimum Gasteiger partial charge on any atom is -0.467 e. The lowest BCUT2D eigenvalue weighted by molar-refractivity contribution is -0.130. The summed E-state index contributed by atoms with van der Waals surface area (Å²) in [5, 5.41) is 2.12. The quantitative estimate of drug-likeness (QED) is 0.689. The van der Waals surface area contributed by atoms with E-state index < -0.39 is 17.8 Å². The molecule has 4 amide bonds. The van der Waals surface area contributed by atoms with Crippen LogP contribution in [0.4, 0.5) is 4.79 Å². The van der Waals surface area contributed by atoms with Crippen LogP contribution in [0.2, 0.25) is 0 Å². The number of nitrogens with one attached hydrogen (secondary N) is 1. The van der Waals surface area contributed by atoms with Crippen molar-refractivity contribution in [2.45, 2.75) is 13.5 Å². The molecule has 2 aromatic heterocycles. The van der Waals surface area contributed by atoms with E-state index in [0.29, 0.717) is 17.3 Å². The standard InChI is InChI=1S/C15H12N2O5/c1-9-4-5-10(22-9)7-12-13(18)16-15(20)17(14(12)19)8-11-3-2-6-21-11/h2-7H,8H2,1H3,(H,16,18,20)/b12-7+. The Balaban J connectivity index is 1.90. The van der Waals surface area contributed by atoms with Crippen LogP contribution in [0.25, 0.3) is 6.08 Å².